The number of hydrogen-bond acceptors (Lipinski definition) is 3. The lowest BCUT2D eigenvalue weighted by Gasteiger charge is -2.20. The minimum Gasteiger partial charge on any atom is -0.486 e. The predicted molar refractivity (Wildman–Crippen MR) is 110 cm³/mol. The van der Waals surface area contributed by atoms with Crippen LogP contribution in [-0.2, 0) is 11.4 Å². The molecule has 0 spiro atoms. The molecular formula is C23H22ClNO3. The van der Waals surface area contributed by atoms with Gasteiger partial charge in [-0.3, -0.25) is 4.79 Å². The number of carbonyl (C=O) groups is 1. The first-order valence-electron chi connectivity index (χ1n) is 9.61. The first kappa shape index (κ1) is 18.8. The fourth-order valence-corrected chi connectivity index (χ4v) is 4.32. The summed E-state index contributed by atoms with van der Waals surface area (Å²) in [5.41, 5.74) is 2.49. The molecule has 1 aromatic heterocycles. The van der Waals surface area contributed by atoms with Crippen molar-refractivity contribution in [2.45, 2.75) is 38.2 Å². The van der Waals surface area contributed by atoms with Crippen molar-refractivity contribution in [1.82, 2.24) is 4.98 Å². The van der Waals surface area contributed by atoms with Crippen LogP contribution in [0.2, 0.25) is 5.02 Å². The van der Waals surface area contributed by atoms with Gasteiger partial charge in [0.05, 0.1) is 22.2 Å². The molecule has 4 rings (SSSR count). The van der Waals surface area contributed by atoms with Crippen molar-refractivity contribution in [3.63, 3.8) is 0 Å². The summed E-state index contributed by atoms with van der Waals surface area (Å²) in [7, 11) is 0. The molecule has 1 heterocycles. The van der Waals surface area contributed by atoms with Crippen molar-refractivity contribution >= 4 is 28.5 Å². The number of fused-ring (bicyclic) bond motifs is 1. The molecule has 144 valence electrons. The lowest BCUT2D eigenvalue weighted by atomic mass is 9.85. The summed E-state index contributed by atoms with van der Waals surface area (Å²) in [4.78, 5) is 16.4. The van der Waals surface area contributed by atoms with Crippen molar-refractivity contribution < 1.29 is 14.6 Å². The Morgan fingerprint density at radius 1 is 1.14 bits per heavy atom. The van der Waals surface area contributed by atoms with Crippen molar-refractivity contribution in [3.05, 3.63) is 70.9 Å². The molecule has 2 aromatic carbocycles. The van der Waals surface area contributed by atoms with Gasteiger partial charge in [-0.1, -0.05) is 54.8 Å². The Morgan fingerprint density at radius 3 is 2.68 bits per heavy atom. The zero-order valence-corrected chi connectivity index (χ0v) is 16.2. The molecule has 3 aromatic rings. The van der Waals surface area contributed by atoms with Gasteiger partial charge in [0.15, 0.2) is 0 Å². The third kappa shape index (κ3) is 3.97. The van der Waals surface area contributed by atoms with Gasteiger partial charge < -0.3 is 9.84 Å². The van der Waals surface area contributed by atoms with E-state index in [-0.39, 0.29) is 5.92 Å². The van der Waals surface area contributed by atoms with Gasteiger partial charge in [0, 0.05) is 5.39 Å². The van der Waals surface area contributed by atoms with Crippen LogP contribution in [-0.4, -0.2) is 16.1 Å². The monoisotopic (exact) mass is 395 g/mol. The molecule has 1 N–H and O–H groups in total. The van der Waals surface area contributed by atoms with Crippen LogP contribution in [0, 0.1) is 5.92 Å². The molecule has 1 atom stereocenters. The molecule has 1 saturated carbocycles. The van der Waals surface area contributed by atoms with Gasteiger partial charge in [0.2, 0.25) is 0 Å². The molecule has 4 nitrogen and oxygen atoms in total. The zero-order valence-electron chi connectivity index (χ0n) is 15.5. The highest BCUT2D eigenvalue weighted by Crippen LogP contribution is 2.39. The Morgan fingerprint density at radius 2 is 1.93 bits per heavy atom. The summed E-state index contributed by atoms with van der Waals surface area (Å²) in [6.45, 7) is 0.300. The second-order valence-corrected chi connectivity index (χ2v) is 7.74. The normalized spacial score (nSPS) is 15.6. The standard InChI is InChI=1S/C23H22ClNO3/c24-19-13-17(22(23(26)27)16-6-1-2-7-16)10-12-21(19)28-14-18-11-9-15-5-3-4-8-20(15)25-18/h3-5,8-13,16,22H,1-2,6-7,14H2,(H,26,27). The lowest BCUT2D eigenvalue weighted by Crippen LogP contribution is -2.19. The highest BCUT2D eigenvalue weighted by atomic mass is 35.5. The van der Waals surface area contributed by atoms with E-state index in [2.05, 4.69) is 4.98 Å². The van der Waals surface area contributed by atoms with E-state index in [4.69, 9.17) is 16.3 Å². The van der Waals surface area contributed by atoms with E-state index >= 15 is 0 Å². The van der Waals surface area contributed by atoms with Crippen molar-refractivity contribution in [3.8, 4) is 5.75 Å². The molecule has 1 fully saturated rings. The number of aliphatic carboxylic acids is 1. The maximum Gasteiger partial charge on any atom is 0.311 e. The van der Waals surface area contributed by atoms with Crippen LogP contribution in [0.4, 0.5) is 0 Å². The summed E-state index contributed by atoms with van der Waals surface area (Å²) in [5, 5.41) is 11.2. The first-order valence-corrected chi connectivity index (χ1v) is 9.99. The Kier molecular flexibility index (Phi) is 5.49. The maximum atomic E-state index is 11.8. The molecule has 0 amide bonds. The number of hydrogen-bond donors (Lipinski definition) is 1. The quantitative estimate of drug-likeness (QED) is 0.570. The molecule has 0 radical (unpaired) electrons. The van der Waals surface area contributed by atoms with E-state index in [9.17, 15) is 9.90 Å². The van der Waals surface area contributed by atoms with E-state index in [1.807, 2.05) is 42.5 Å². The number of carboxylic acids is 1. The number of carboxylic acid groups (broad SMARTS) is 1. The van der Waals surface area contributed by atoms with Gasteiger partial charge in [-0.25, -0.2) is 4.98 Å². The van der Waals surface area contributed by atoms with Gasteiger partial charge in [-0.15, -0.1) is 0 Å². The maximum absolute atomic E-state index is 11.8. The fourth-order valence-electron chi connectivity index (χ4n) is 4.08. The number of aromatic nitrogens is 1. The summed E-state index contributed by atoms with van der Waals surface area (Å²) < 4.78 is 5.85. The highest BCUT2D eigenvalue weighted by Gasteiger charge is 2.32. The highest BCUT2D eigenvalue weighted by molar-refractivity contribution is 6.32. The van der Waals surface area contributed by atoms with Crippen molar-refractivity contribution in [2.75, 3.05) is 0 Å². The average Bonchev–Trinajstić information content (AvgIpc) is 3.21. The van der Waals surface area contributed by atoms with E-state index < -0.39 is 11.9 Å². The Hall–Kier alpha value is -2.59. The molecule has 1 unspecified atom stereocenters. The van der Waals surface area contributed by atoms with Gasteiger partial charge in [-0.2, -0.15) is 0 Å². The number of pyridine rings is 1. The van der Waals surface area contributed by atoms with Crippen LogP contribution in [0.3, 0.4) is 0 Å². The largest absolute Gasteiger partial charge is 0.486 e. The first-order chi connectivity index (χ1) is 13.6. The van der Waals surface area contributed by atoms with Crippen LogP contribution in [0.5, 0.6) is 5.75 Å². The van der Waals surface area contributed by atoms with Gasteiger partial charge in [-0.05, 0) is 48.6 Å². The molecule has 0 aliphatic heterocycles. The summed E-state index contributed by atoms with van der Waals surface area (Å²) >= 11 is 6.41. The Bertz CT molecular complexity index is 998. The van der Waals surface area contributed by atoms with Gasteiger partial charge >= 0.3 is 5.97 Å². The van der Waals surface area contributed by atoms with E-state index in [0.717, 1.165) is 47.8 Å². The molecule has 5 heteroatoms. The number of ether oxygens (including phenoxy) is 1. The molecule has 28 heavy (non-hydrogen) atoms. The topological polar surface area (TPSA) is 59.4 Å². The van der Waals surface area contributed by atoms with Crippen LogP contribution in [0.1, 0.15) is 42.9 Å². The zero-order chi connectivity index (χ0) is 19.5. The molecule has 1 aliphatic rings. The number of halogens is 1. The minimum atomic E-state index is -0.781. The number of rotatable bonds is 6. The van der Waals surface area contributed by atoms with E-state index in [0.29, 0.717) is 17.4 Å². The Balaban J connectivity index is 1.50. The third-order valence-corrected chi connectivity index (χ3v) is 5.78. The second kappa shape index (κ2) is 8.19. The summed E-state index contributed by atoms with van der Waals surface area (Å²) in [5.74, 6) is -0.564. The fraction of sp³-hybridized carbons (Fsp3) is 0.304. The van der Waals surface area contributed by atoms with Crippen molar-refractivity contribution in [1.29, 1.82) is 0 Å². The van der Waals surface area contributed by atoms with Crippen LogP contribution >= 0.6 is 11.6 Å². The van der Waals surface area contributed by atoms with Gasteiger partial charge in [0.1, 0.15) is 12.4 Å². The molecule has 0 bridgehead atoms. The second-order valence-electron chi connectivity index (χ2n) is 7.33. The molecular weight excluding hydrogens is 374 g/mol. The Labute approximate surface area is 169 Å². The van der Waals surface area contributed by atoms with E-state index in [1.54, 1.807) is 12.1 Å². The minimum absolute atomic E-state index is 0.183. The number of nitrogens with zero attached hydrogens (tertiary/aromatic N) is 1. The molecule has 1 aliphatic carbocycles. The predicted octanol–water partition coefficient (Wildman–Crippen LogP) is 5.83. The summed E-state index contributed by atoms with van der Waals surface area (Å²) in [6, 6.07) is 17.2. The SMILES string of the molecule is O=C(O)C(c1ccc(OCc2ccc3ccccc3n2)c(Cl)c1)C1CCCC1. The smallest absolute Gasteiger partial charge is 0.311 e. The lowest BCUT2D eigenvalue weighted by molar-refractivity contribution is -0.140. The van der Waals surface area contributed by atoms with E-state index in [1.165, 1.54) is 0 Å². The number of para-hydroxylation sites is 1. The van der Waals surface area contributed by atoms with Crippen molar-refractivity contribution in [2.24, 2.45) is 5.92 Å². The third-order valence-electron chi connectivity index (χ3n) is 5.48. The average molecular weight is 396 g/mol. The van der Waals surface area contributed by atoms with Crippen LogP contribution < -0.4 is 4.74 Å². The molecule has 0 saturated heterocycles. The van der Waals surface area contributed by atoms with Gasteiger partial charge in [0.25, 0.3) is 0 Å². The van der Waals surface area contributed by atoms with Crippen LogP contribution in [0.15, 0.2) is 54.6 Å². The summed E-state index contributed by atoms with van der Waals surface area (Å²) in [6.07, 6.45) is 4.12. The van der Waals surface area contributed by atoms with Crippen LogP contribution in [0.25, 0.3) is 10.9 Å². The number of benzene rings is 2.